The van der Waals surface area contributed by atoms with E-state index in [9.17, 15) is 9.59 Å². The van der Waals surface area contributed by atoms with Crippen molar-refractivity contribution >= 4 is 17.5 Å². The fourth-order valence-corrected chi connectivity index (χ4v) is 2.95. The number of nitrogens with one attached hydrogen (secondary N) is 2. The zero-order valence-electron chi connectivity index (χ0n) is 14.2. The summed E-state index contributed by atoms with van der Waals surface area (Å²) in [6, 6.07) is 9.77. The molecular formula is C18H26N4O2. The minimum Gasteiger partial charge on any atom is -0.352 e. The Bertz CT molecular complexity index is 566. The van der Waals surface area contributed by atoms with E-state index in [2.05, 4.69) is 20.4 Å². The predicted octanol–water partition coefficient (Wildman–Crippen LogP) is 0.910. The van der Waals surface area contributed by atoms with E-state index in [4.69, 9.17) is 0 Å². The third-order valence-corrected chi connectivity index (χ3v) is 4.69. The smallest absolute Gasteiger partial charge is 0.241 e. The third kappa shape index (κ3) is 4.79. The van der Waals surface area contributed by atoms with E-state index in [0.717, 1.165) is 44.7 Å². The molecule has 2 aliphatic rings. The van der Waals surface area contributed by atoms with Crippen molar-refractivity contribution in [1.82, 2.24) is 15.1 Å². The van der Waals surface area contributed by atoms with Crippen LogP contribution in [0.25, 0.3) is 0 Å². The third-order valence-electron chi connectivity index (χ3n) is 4.69. The summed E-state index contributed by atoms with van der Waals surface area (Å²) in [4.78, 5) is 28.6. The zero-order valence-corrected chi connectivity index (χ0v) is 14.2. The first-order chi connectivity index (χ1) is 11.6. The summed E-state index contributed by atoms with van der Waals surface area (Å²) in [6.45, 7) is 5.66. The maximum atomic E-state index is 12.4. The molecule has 1 unspecified atom stereocenters. The van der Waals surface area contributed by atoms with Crippen molar-refractivity contribution < 1.29 is 9.59 Å². The second-order valence-corrected chi connectivity index (χ2v) is 6.69. The normalized spacial score (nSPS) is 20.4. The number of anilines is 1. The highest BCUT2D eigenvalue weighted by Crippen LogP contribution is 2.18. The first-order valence-corrected chi connectivity index (χ1v) is 8.73. The number of hydrogen-bond acceptors (Lipinski definition) is 4. The highest BCUT2D eigenvalue weighted by molar-refractivity contribution is 5.94. The summed E-state index contributed by atoms with van der Waals surface area (Å²) in [6.07, 6.45) is 2.24. The van der Waals surface area contributed by atoms with Gasteiger partial charge in [0, 0.05) is 37.9 Å². The average Bonchev–Trinajstić information content (AvgIpc) is 3.39. The quantitative estimate of drug-likeness (QED) is 0.814. The van der Waals surface area contributed by atoms with Crippen LogP contribution in [-0.4, -0.2) is 66.4 Å². The minimum atomic E-state index is -0.173. The van der Waals surface area contributed by atoms with Crippen molar-refractivity contribution in [2.45, 2.75) is 31.8 Å². The fourth-order valence-electron chi connectivity index (χ4n) is 2.95. The molecule has 24 heavy (non-hydrogen) atoms. The SMILES string of the molecule is CC(C(=O)Nc1ccccc1)N1CCN(CC(=O)NC2CC2)CC1. The molecule has 0 bridgehead atoms. The second-order valence-electron chi connectivity index (χ2n) is 6.69. The highest BCUT2D eigenvalue weighted by Gasteiger charge is 2.28. The highest BCUT2D eigenvalue weighted by atomic mass is 16.2. The van der Waals surface area contributed by atoms with E-state index >= 15 is 0 Å². The molecule has 2 N–H and O–H groups in total. The molecule has 1 aliphatic carbocycles. The van der Waals surface area contributed by atoms with Crippen LogP contribution >= 0.6 is 0 Å². The molecule has 1 aromatic carbocycles. The second kappa shape index (κ2) is 7.77. The lowest BCUT2D eigenvalue weighted by Gasteiger charge is -2.37. The molecule has 1 atom stereocenters. The number of carbonyl (C=O) groups is 2. The van der Waals surface area contributed by atoms with Gasteiger partial charge < -0.3 is 10.6 Å². The van der Waals surface area contributed by atoms with Gasteiger partial charge in [0.15, 0.2) is 0 Å². The number of nitrogens with zero attached hydrogens (tertiary/aromatic N) is 2. The van der Waals surface area contributed by atoms with Gasteiger partial charge in [-0.05, 0) is 31.9 Å². The molecular weight excluding hydrogens is 304 g/mol. The molecule has 3 rings (SSSR count). The molecule has 6 nitrogen and oxygen atoms in total. The Morgan fingerprint density at radius 2 is 1.79 bits per heavy atom. The molecule has 6 heteroatoms. The van der Waals surface area contributed by atoms with Crippen molar-refractivity contribution in [2.24, 2.45) is 0 Å². The summed E-state index contributed by atoms with van der Waals surface area (Å²) in [5.41, 5.74) is 0.824. The molecule has 1 aromatic rings. The Labute approximate surface area is 143 Å². The van der Waals surface area contributed by atoms with Gasteiger partial charge in [0.1, 0.15) is 0 Å². The van der Waals surface area contributed by atoms with Crippen molar-refractivity contribution in [3.63, 3.8) is 0 Å². The van der Waals surface area contributed by atoms with E-state index in [0.29, 0.717) is 12.6 Å². The first-order valence-electron chi connectivity index (χ1n) is 8.73. The molecule has 1 saturated carbocycles. The van der Waals surface area contributed by atoms with Gasteiger partial charge in [-0.25, -0.2) is 0 Å². The summed E-state index contributed by atoms with van der Waals surface area (Å²) in [5, 5.41) is 5.97. The molecule has 2 fully saturated rings. The summed E-state index contributed by atoms with van der Waals surface area (Å²) >= 11 is 0. The Hall–Kier alpha value is -1.92. The largest absolute Gasteiger partial charge is 0.352 e. The van der Waals surface area contributed by atoms with Gasteiger partial charge in [-0.15, -0.1) is 0 Å². The number of amides is 2. The van der Waals surface area contributed by atoms with Crippen LogP contribution in [0.15, 0.2) is 30.3 Å². The van der Waals surface area contributed by atoms with Crippen LogP contribution in [-0.2, 0) is 9.59 Å². The van der Waals surface area contributed by atoms with Crippen LogP contribution < -0.4 is 10.6 Å². The van der Waals surface area contributed by atoms with E-state index in [1.807, 2.05) is 37.3 Å². The van der Waals surface area contributed by atoms with E-state index in [1.54, 1.807) is 0 Å². The van der Waals surface area contributed by atoms with Crippen LogP contribution in [0.3, 0.4) is 0 Å². The van der Waals surface area contributed by atoms with E-state index in [-0.39, 0.29) is 17.9 Å². The number of para-hydroxylation sites is 1. The van der Waals surface area contributed by atoms with Crippen LogP contribution in [0.4, 0.5) is 5.69 Å². The van der Waals surface area contributed by atoms with E-state index in [1.165, 1.54) is 0 Å². The monoisotopic (exact) mass is 330 g/mol. The molecule has 2 amide bonds. The van der Waals surface area contributed by atoms with Crippen LogP contribution in [0.2, 0.25) is 0 Å². The van der Waals surface area contributed by atoms with Crippen molar-refractivity contribution in [1.29, 1.82) is 0 Å². The summed E-state index contributed by atoms with van der Waals surface area (Å²) in [5.74, 6) is 0.141. The Morgan fingerprint density at radius 3 is 2.42 bits per heavy atom. The van der Waals surface area contributed by atoms with Crippen LogP contribution in [0, 0.1) is 0 Å². The molecule has 0 radical (unpaired) electrons. The Kier molecular flexibility index (Phi) is 5.48. The Balaban J connectivity index is 1.41. The number of piperazine rings is 1. The van der Waals surface area contributed by atoms with Crippen molar-refractivity contribution in [2.75, 3.05) is 38.0 Å². The maximum absolute atomic E-state index is 12.4. The van der Waals surface area contributed by atoms with Gasteiger partial charge >= 0.3 is 0 Å². The number of benzene rings is 1. The first kappa shape index (κ1) is 16.9. The summed E-state index contributed by atoms with van der Waals surface area (Å²) in [7, 11) is 0. The lowest BCUT2D eigenvalue weighted by molar-refractivity contribution is -0.124. The molecule has 0 spiro atoms. The number of carbonyl (C=O) groups excluding carboxylic acids is 2. The van der Waals surface area contributed by atoms with Crippen molar-refractivity contribution in [3.8, 4) is 0 Å². The van der Waals surface area contributed by atoms with Crippen molar-refractivity contribution in [3.05, 3.63) is 30.3 Å². The van der Waals surface area contributed by atoms with Gasteiger partial charge in [0.05, 0.1) is 12.6 Å². The summed E-state index contributed by atoms with van der Waals surface area (Å²) < 4.78 is 0. The van der Waals surface area contributed by atoms with Gasteiger partial charge in [-0.3, -0.25) is 19.4 Å². The van der Waals surface area contributed by atoms with Crippen LogP contribution in [0.1, 0.15) is 19.8 Å². The van der Waals surface area contributed by atoms with Gasteiger partial charge in [0.25, 0.3) is 0 Å². The topological polar surface area (TPSA) is 64.7 Å². The van der Waals surface area contributed by atoms with Gasteiger partial charge in [-0.2, -0.15) is 0 Å². The van der Waals surface area contributed by atoms with Gasteiger partial charge in [-0.1, -0.05) is 18.2 Å². The lowest BCUT2D eigenvalue weighted by Crippen LogP contribution is -2.54. The lowest BCUT2D eigenvalue weighted by atomic mass is 10.2. The molecule has 130 valence electrons. The van der Waals surface area contributed by atoms with Crippen LogP contribution in [0.5, 0.6) is 0 Å². The van der Waals surface area contributed by atoms with Gasteiger partial charge in [0.2, 0.25) is 11.8 Å². The molecule has 1 heterocycles. The van der Waals surface area contributed by atoms with E-state index < -0.39 is 0 Å². The minimum absolute atomic E-state index is 0.0149. The molecule has 1 aliphatic heterocycles. The Morgan fingerprint density at radius 1 is 1.12 bits per heavy atom. The molecule has 1 saturated heterocycles. The average molecular weight is 330 g/mol. The predicted molar refractivity (Wildman–Crippen MR) is 93.7 cm³/mol. The fraction of sp³-hybridized carbons (Fsp3) is 0.556. The maximum Gasteiger partial charge on any atom is 0.241 e. The number of rotatable bonds is 6. The number of hydrogen-bond donors (Lipinski definition) is 2. The standard InChI is InChI=1S/C18H26N4O2/c1-14(18(24)20-15-5-3-2-4-6-15)22-11-9-21(10-12-22)13-17(23)19-16-7-8-16/h2-6,14,16H,7-13H2,1H3,(H,19,23)(H,20,24). The zero-order chi connectivity index (χ0) is 16.9. The molecule has 0 aromatic heterocycles.